The summed E-state index contributed by atoms with van der Waals surface area (Å²) in [6, 6.07) is 13.8. The van der Waals surface area contributed by atoms with Crippen molar-refractivity contribution >= 4 is 46.2 Å². The molecule has 0 unspecified atom stereocenters. The number of rotatable bonds is 2. The fourth-order valence-corrected chi connectivity index (χ4v) is 2.84. The van der Waals surface area contributed by atoms with E-state index in [1.807, 2.05) is 12.1 Å². The third kappa shape index (κ3) is 3.50. The number of hydrogen-bond donors (Lipinski definition) is 2. The summed E-state index contributed by atoms with van der Waals surface area (Å²) in [5, 5.41) is 13.3. The van der Waals surface area contributed by atoms with Gasteiger partial charge in [-0.15, -0.1) is 0 Å². The average molecular weight is 331 g/mol. The van der Waals surface area contributed by atoms with E-state index in [2.05, 4.69) is 10.3 Å². The maximum Gasteiger partial charge on any atom is 0.264 e. The van der Waals surface area contributed by atoms with Crippen molar-refractivity contribution in [3.05, 3.63) is 64.0 Å². The quantitative estimate of drug-likeness (QED) is 0.820. The molecule has 0 bridgehead atoms. The maximum atomic E-state index is 12.0. The van der Waals surface area contributed by atoms with Crippen molar-refractivity contribution in [3.8, 4) is 5.75 Å². The highest BCUT2D eigenvalue weighted by Gasteiger charge is 2.23. The molecule has 6 heteroatoms. The number of carbonyl (C=O) groups is 1. The number of carbonyl (C=O) groups excluding carboxylic acids is 1. The smallest absolute Gasteiger partial charge is 0.264 e. The van der Waals surface area contributed by atoms with Crippen LogP contribution in [0, 0.1) is 0 Å². The summed E-state index contributed by atoms with van der Waals surface area (Å²) in [5.41, 5.74) is 1.47. The molecular formula is C16H11ClN2O2S. The molecule has 2 N–H and O–H groups in total. The fourth-order valence-electron chi connectivity index (χ4n) is 1.87. The highest BCUT2D eigenvalue weighted by atomic mass is 35.5. The Labute approximate surface area is 136 Å². The molecule has 1 aliphatic rings. The molecule has 22 heavy (non-hydrogen) atoms. The lowest BCUT2D eigenvalue weighted by molar-refractivity contribution is -0.115. The number of aliphatic imine (C=N–C) groups is 1. The van der Waals surface area contributed by atoms with Crippen LogP contribution in [0.2, 0.25) is 5.02 Å². The fraction of sp³-hybridized carbons (Fsp3) is 0. The number of amides is 1. The third-order valence-corrected chi connectivity index (χ3v) is 4.04. The molecule has 0 aliphatic carbocycles. The standard InChI is InChI=1S/C16H11ClN2O2S/c17-11-6-4-10(5-7-11)8-14-15(21)19-16(22-14)18-12-2-1-3-13(20)9-12/h1-9,20H,(H,18,19,21)/b14-8-. The van der Waals surface area contributed by atoms with Gasteiger partial charge in [-0.25, -0.2) is 4.99 Å². The minimum Gasteiger partial charge on any atom is -0.508 e. The predicted octanol–water partition coefficient (Wildman–Crippen LogP) is 3.94. The van der Waals surface area contributed by atoms with E-state index in [9.17, 15) is 9.90 Å². The number of amidine groups is 1. The van der Waals surface area contributed by atoms with Crippen molar-refractivity contribution in [1.82, 2.24) is 5.32 Å². The molecular weight excluding hydrogens is 320 g/mol. The van der Waals surface area contributed by atoms with Crippen molar-refractivity contribution in [1.29, 1.82) is 0 Å². The van der Waals surface area contributed by atoms with Gasteiger partial charge in [0.2, 0.25) is 0 Å². The molecule has 0 atom stereocenters. The molecule has 110 valence electrons. The van der Waals surface area contributed by atoms with E-state index in [4.69, 9.17) is 11.6 Å². The summed E-state index contributed by atoms with van der Waals surface area (Å²) >= 11 is 7.09. The summed E-state index contributed by atoms with van der Waals surface area (Å²) in [4.78, 5) is 16.8. The molecule has 4 nitrogen and oxygen atoms in total. The van der Waals surface area contributed by atoms with Crippen LogP contribution in [-0.4, -0.2) is 16.2 Å². The van der Waals surface area contributed by atoms with Crippen LogP contribution in [0.5, 0.6) is 5.75 Å². The van der Waals surface area contributed by atoms with Crippen molar-refractivity contribution in [2.75, 3.05) is 0 Å². The summed E-state index contributed by atoms with van der Waals surface area (Å²) in [5.74, 6) is -0.0630. The van der Waals surface area contributed by atoms with Crippen molar-refractivity contribution in [2.24, 2.45) is 4.99 Å². The first-order valence-electron chi connectivity index (χ1n) is 6.44. The number of nitrogens with one attached hydrogen (secondary N) is 1. The summed E-state index contributed by atoms with van der Waals surface area (Å²) in [6.45, 7) is 0. The van der Waals surface area contributed by atoms with Crippen LogP contribution in [0.1, 0.15) is 5.56 Å². The Bertz CT molecular complexity index is 785. The number of thioether (sulfide) groups is 1. The van der Waals surface area contributed by atoms with Gasteiger partial charge in [-0.1, -0.05) is 29.8 Å². The summed E-state index contributed by atoms with van der Waals surface area (Å²) in [6.07, 6.45) is 1.78. The van der Waals surface area contributed by atoms with Gasteiger partial charge < -0.3 is 10.4 Å². The first-order valence-corrected chi connectivity index (χ1v) is 7.64. The van der Waals surface area contributed by atoms with Gasteiger partial charge in [0, 0.05) is 11.1 Å². The molecule has 2 aromatic carbocycles. The maximum absolute atomic E-state index is 12.0. The van der Waals surface area contributed by atoms with Gasteiger partial charge in [0.25, 0.3) is 5.91 Å². The van der Waals surface area contributed by atoms with Gasteiger partial charge >= 0.3 is 0 Å². The lowest BCUT2D eigenvalue weighted by atomic mass is 10.2. The van der Waals surface area contributed by atoms with Gasteiger partial charge in [-0.05, 0) is 47.7 Å². The van der Waals surface area contributed by atoms with Crippen LogP contribution in [-0.2, 0) is 4.79 Å². The van der Waals surface area contributed by atoms with E-state index < -0.39 is 0 Å². The number of phenols is 1. The molecule has 1 aliphatic heterocycles. The molecule has 1 amide bonds. The van der Waals surface area contributed by atoms with Crippen LogP contribution in [0.25, 0.3) is 6.08 Å². The van der Waals surface area contributed by atoms with Crippen LogP contribution in [0.3, 0.4) is 0 Å². The minimum atomic E-state index is -0.196. The van der Waals surface area contributed by atoms with Crippen molar-refractivity contribution in [2.45, 2.75) is 0 Å². The minimum absolute atomic E-state index is 0.133. The van der Waals surface area contributed by atoms with E-state index in [1.165, 1.54) is 17.8 Å². The van der Waals surface area contributed by atoms with Gasteiger partial charge in [0.05, 0.1) is 10.6 Å². The Hall–Kier alpha value is -2.24. The molecule has 0 radical (unpaired) electrons. The lowest BCUT2D eigenvalue weighted by Crippen LogP contribution is -2.19. The molecule has 1 fully saturated rings. The van der Waals surface area contributed by atoms with Gasteiger partial charge in [0.15, 0.2) is 5.17 Å². The topological polar surface area (TPSA) is 61.7 Å². The molecule has 2 aromatic rings. The van der Waals surface area contributed by atoms with E-state index in [0.717, 1.165) is 5.56 Å². The van der Waals surface area contributed by atoms with Crippen molar-refractivity contribution < 1.29 is 9.90 Å². The zero-order valence-electron chi connectivity index (χ0n) is 11.3. The zero-order valence-corrected chi connectivity index (χ0v) is 12.9. The molecule has 1 saturated heterocycles. The zero-order chi connectivity index (χ0) is 15.5. The Morgan fingerprint density at radius 2 is 1.95 bits per heavy atom. The van der Waals surface area contributed by atoms with Crippen LogP contribution in [0.4, 0.5) is 5.69 Å². The monoisotopic (exact) mass is 330 g/mol. The second-order valence-corrected chi connectivity index (χ2v) is 6.02. The molecule has 3 rings (SSSR count). The largest absolute Gasteiger partial charge is 0.508 e. The molecule has 0 spiro atoms. The first kappa shape index (κ1) is 14.7. The summed E-state index contributed by atoms with van der Waals surface area (Å²) < 4.78 is 0. The second kappa shape index (κ2) is 6.25. The van der Waals surface area contributed by atoms with E-state index in [1.54, 1.807) is 36.4 Å². The number of hydrogen-bond acceptors (Lipinski definition) is 4. The molecule has 0 aromatic heterocycles. The van der Waals surface area contributed by atoms with Gasteiger partial charge in [-0.3, -0.25) is 4.79 Å². The highest BCUT2D eigenvalue weighted by molar-refractivity contribution is 8.18. The number of halogens is 1. The van der Waals surface area contributed by atoms with Crippen LogP contribution in [0.15, 0.2) is 58.4 Å². The van der Waals surface area contributed by atoms with Crippen molar-refractivity contribution in [3.63, 3.8) is 0 Å². The number of benzene rings is 2. The van der Waals surface area contributed by atoms with Gasteiger partial charge in [0.1, 0.15) is 5.75 Å². The van der Waals surface area contributed by atoms with E-state index in [0.29, 0.717) is 20.8 Å². The van der Waals surface area contributed by atoms with E-state index >= 15 is 0 Å². The number of nitrogens with zero attached hydrogens (tertiary/aromatic N) is 1. The number of phenolic OH excluding ortho intramolecular Hbond substituents is 1. The normalized spacial score (nSPS) is 18.0. The first-order chi connectivity index (χ1) is 10.6. The highest BCUT2D eigenvalue weighted by Crippen LogP contribution is 2.29. The van der Waals surface area contributed by atoms with Crippen LogP contribution < -0.4 is 5.32 Å². The third-order valence-electron chi connectivity index (χ3n) is 2.88. The second-order valence-electron chi connectivity index (χ2n) is 4.55. The Kier molecular flexibility index (Phi) is 4.18. The Morgan fingerprint density at radius 3 is 2.68 bits per heavy atom. The van der Waals surface area contributed by atoms with Crippen LogP contribution >= 0.6 is 23.4 Å². The predicted molar refractivity (Wildman–Crippen MR) is 90.4 cm³/mol. The Balaban J connectivity index is 1.82. The SMILES string of the molecule is O=C1NC(=Nc2cccc(O)c2)S/C1=C\c1ccc(Cl)cc1. The summed E-state index contributed by atoms with van der Waals surface area (Å²) in [7, 11) is 0. The Morgan fingerprint density at radius 1 is 1.18 bits per heavy atom. The average Bonchev–Trinajstić information content (AvgIpc) is 2.81. The number of aromatic hydroxyl groups is 1. The lowest BCUT2D eigenvalue weighted by Gasteiger charge is -1.97. The van der Waals surface area contributed by atoms with E-state index in [-0.39, 0.29) is 11.7 Å². The molecule has 1 heterocycles. The van der Waals surface area contributed by atoms with Gasteiger partial charge in [-0.2, -0.15) is 0 Å². The molecule has 0 saturated carbocycles.